The Labute approximate surface area is 415 Å². The lowest BCUT2D eigenvalue weighted by atomic mass is 10.1. The Bertz CT molecular complexity index is 2650. The van der Waals surface area contributed by atoms with E-state index in [1.165, 1.54) is 30.5 Å². The van der Waals surface area contributed by atoms with Gasteiger partial charge in [0.2, 0.25) is 35.5 Å². The average molecular weight is 1050 g/mol. The molecule has 3 rings (SSSR count). The summed E-state index contributed by atoms with van der Waals surface area (Å²) in [6, 6.07) is -5.54. The molecule has 0 bridgehead atoms. The number of H-pyrrole nitrogens is 1. The summed E-state index contributed by atoms with van der Waals surface area (Å²) < 4.78 is 0. The number of thiol groups is 1. The van der Waals surface area contributed by atoms with Crippen molar-refractivity contribution < 1.29 is 78.3 Å². The van der Waals surface area contributed by atoms with Crippen LogP contribution in [0.2, 0.25) is 0 Å². The van der Waals surface area contributed by atoms with E-state index in [2.05, 4.69) is 59.1 Å². The molecule has 3 aromatic rings. The van der Waals surface area contributed by atoms with Gasteiger partial charge in [-0.25, -0.2) is 19.6 Å². The molecule has 0 aliphatic heterocycles. The fourth-order valence-electron chi connectivity index (χ4n) is 6.25. The van der Waals surface area contributed by atoms with Gasteiger partial charge in [0.15, 0.2) is 17.1 Å². The summed E-state index contributed by atoms with van der Waals surface area (Å²) in [6.07, 6.45) is -3.88. The number of aromatic nitrogens is 4. The van der Waals surface area contributed by atoms with Crippen LogP contribution in [0.4, 0.5) is 11.6 Å². The van der Waals surface area contributed by atoms with Gasteiger partial charge in [-0.1, -0.05) is 0 Å². The van der Waals surface area contributed by atoms with E-state index in [1.807, 2.05) is 16.0 Å². The molecule has 394 valence electrons. The lowest BCUT2D eigenvalue weighted by Crippen LogP contribution is -2.59. The number of carbonyl (C=O) groups excluding carboxylic acids is 6. The number of hydrogen-bond donors (Lipinski definition) is 18. The number of aromatic amines is 1. The minimum atomic E-state index is -2.10. The van der Waals surface area contributed by atoms with Crippen LogP contribution in [0.1, 0.15) is 61.0 Å². The highest BCUT2D eigenvalue weighted by Crippen LogP contribution is 2.13. The molecule has 0 unspecified atom stereocenters. The number of amides is 6. The molecule has 32 nitrogen and oxygen atoms in total. The van der Waals surface area contributed by atoms with Gasteiger partial charge in [-0.15, -0.1) is 0 Å². The van der Waals surface area contributed by atoms with Gasteiger partial charge in [-0.05, 0) is 43.5 Å². The van der Waals surface area contributed by atoms with Gasteiger partial charge < -0.3 is 79.5 Å². The number of carboxylic acids is 5. The molecule has 0 aliphatic carbocycles. The Morgan fingerprint density at radius 1 is 0.671 bits per heavy atom. The van der Waals surface area contributed by atoms with Gasteiger partial charge in [0, 0.05) is 30.0 Å². The highest BCUT2D eigenvalue weighted by molar-refractivity contribution is 7.80. The van der Waals surface area contributed by atoms with Crippen LogP contribution in [0.3, 0.4) is 0 Å². The first-order valence-electron chi connectivity index (χ1n) is 21.3. The second kappa shape index (κ2) is 27.9. The topological polar surface area (TPSA) is 533 Å². The van der Waals surface area contributed by atoms with Gasteiger partial charge in [0.1, 0.15) is 36.3 Å². The molecule has 1 aromatic carbocycles. The number of aliphatic carboxylic acids is 5. The molecule has 0 saturated heterocycles. The SMILES string of the molecule is N=C(N)NCCC[C@H](NC(=O)[C@H](CC(=O)O)NC(=O)CC[C@@H](NC(=O)c1ccc(NCc2cnc3nc(N)[nH]c(=O)c3n2)cc1)C(=O)O)C(=O)N[C@@H](CC(=O)O)C(=O)N[C@@H](CC(=O)O)C(=O)N[C@@H](CS)C(=O)O. The maximum Gasteiger partial charge on any atom is 0.327 e. The Kier molecular flexibility index (Phi) is 22.2. The molecule has 6 atom stereocenters. The number of anilines is 2. The predicted octanol–water partition coefficient (Wildman–Crippen LogP) is -5.00. The standard InChI is InChI=1S/C40H51N15O17S/c41-39(42)44-9-1-2-19(32(64)51-22(11-27(59)60)34(66)52-23(12-28(61)62)35(67)53-24(15-73)38(71)72)49-33(65)21(10-26(57)58)48-25(56)8-7-20(37(69)70)50-31(63)16-3-5-17(6-4-16)45-13-18-14-46-30-29(47-18)36(68)55-40(43)54-30/h3-6,14,19-24,45,73H,1-2,7-13,15H2,(H,48,56)(H,49,65)(H,50,63)(H,51,64)(H,52,66)(H,53,67)(H,57,58)(H,59,60)(H,61,62)(H,69,70)(H,71,72)(H4,41,42,44)(H3,43,46,54,55,68)/t19-,20+,21-,22-,23-,24-/m0/s1. The first-order chi connectivity index (χ1) is 34.4. The lowest BCUT2D eigenvalue weighted by Gasteiger charge is -2.26. The molecular weight excluding hydrogens is 995 g/mol. The molecule has 33 heteroatoms. The van der Waals surface area contributed by atoms with Crippen molar-refractivity contribution in [3.8, 4) is 0 Å². The molecule has 2 heterocycles. The molecule has 0 fully saturated rings. The van der Waals surface area contributed by atoms with Crippen molar-refractivity contribution in [2.45, 2.75) is 87.7 Å². The molecule has 0 spiro atoms. The number of hydrogen-bond acceptors (Lipinski definition) is 19. The quantitative estimate of drug-likeness (QED) is 0.0129. The average Bonchev–Trinajstić information content (AvgIpc) is 3.30. The second-order valence-electron chi connectivity index (χ2n) is 15.5. The fourth-order valence-corrected chi connectivity index (χ4v) is 6.50. The minimum absolute atomic E-state index is 0.00363. The van der Waals surface area contributed by atoms with Crippen LogP contribution in [-0.2, 0) is 54.5 Å². The van der Waals surface area contributed by atoms with Crippen molar-refractivity contribution in [2.24, 2.45) is 5.73 Å². The summed E-state index contributed by atoms with van der Waals surface area (Å²) in [4.78, 5) is 165. The van der Waals surface area contributed by atoms with E-state index in [0.717, 1.165) is 0 Å². The Morgan fingerprint density at radius 3 is 1.68 bits per heavy atom. The van der Waals surface area contributed by atoms with Gasteiger partial charge in [-0.2, -0.15) is 17.6 Å². The van der Waals surface area contributed by atoms with E-state index in [-0.39, 0.29) is 42.2 Å². The third kappa shape index (κ3) is 19.6. The number of nitrogens with zero attached hydrogens (tertiary/aromatic N) is 3. The highest BCUT2D eigenvalue weighted by atomic mass is 32.1. The number of nitrogens with one attached hydrogen (secondary N) is 10. The summed E-state index contributed by atoms with van der Waals surface area (Å²) >= 11 is 3.78. The van der Waals surface area contributed by atoms with Gasteiger partial charge in [-0.3, -0.25) is 58.3 Å². The maximum absolute atomic E-state index is 13.7. The fraction of sp³-hybridized carbons (Fsp3) is 0.400. The van der Waals surface area contributed by atoms with E-state index in [1.54, 1.807) is 0 Å². The number of guanidine groups is 1. The number of carbonyl (C=O) groups is 11. The number of fused-ring (bicyclic) bond motifs is 1. The molecule has 0 aliphatic rings. The first-order valence-corrected chi connectivity index (χ1v) is 22.0. The molecule has 2 aromatic heterocycles. The van der Waals surface area contributed by atoms with Crippen LogP contribution >= 0.6 is 12.6 Å². The minimum Gasteiger partial charge on any atom is -0.481 e. The molecule has 19 N–H and O–H groups in total. The Hall–Kier alpha value is -9.17. The third-order valence-corrected chi connectivity index (χ3v) is 10.2. The molecule has 0 saturated carbocycles. The van der Waals surface area contributed by atoms with Crippen LogP contribution in [0, 0.1) is 5.41 Å². The molecular formula is C40H51N15O17S. The number of nitrogens with two attached hydrogens (primary N) is 2. The second-order valence-corrected chi connectivity index (χ2v) is 15.8. The Balaban J connectivity index is 1.70. The summed E-state index contributed by atoms with van der Waals surface area (Å²) in [5, 5.41) is 72.8. The maximum atomic E-state index is 13.7. The number of carboxylic acid groups (broad SMARTS) is 5. The van der Waals surface area contributed by atoms with E-state index in [4.69, 9.17) is 16.9 Å². The van der Waals surface area contributed by atoms with Crippen molar-refractivity contribution >= 4 is 107 Å². The monoisotopic (exact) mass is 1050 g/mol. The summed E-state index contributed by atoms with van der Waals surface area (Å²) in [7, 11) is 0. The van der Waals surface area contributed by atoms with Gasteiger partial charge in [0.25, 0.3) is 11.5 Å². The van der Waals surface area contributed by atoms with Crippen molar-refractivity contribution in [2.75, 3.05) is 23.3 Å². The summed E-state index contributed by atoms with van der Waals surface area (Å²) in [6.45, 7) is -0.0194. The zero-order chi connectivity index (χ0) is 54.5. The summed E-state index contributed by atoms with van der Waals surface area (Å²) in [5.41, 5.74) is 11.0. The number of rotatable bonds is 30. The number of benzene rings is 1. The third-order valence-electron chi connectivity index (χ3n) is 9.84. The zero-order valence-corrected chi connectivity index (χ0v) is 38.9. The van der Waals surface area contributed by atoms with Gasteiger partial charge in [0.05, 0.1) is 37.7 Å². The van der Waals surface area contributed by atoms with Crippen molar-refractivity contribution in [3.05, 3.63) is 52.1 Å². The van der Waals surface area contributed by atoms with E-state index in [9.17, 15) is 83.1 Å². The largest absolute Gasteiger partial charge is 0.481 e. The molecule has 0 radical (unpaired) electrons. The Morgan fingerprint density at radius 2 is 1.18 bits per heavy atom. The van der Waals surface area contributed by atoms with Crippen molar-refractivity contribution in [1.29, 1.82) is 5.41 Å². The van der Waals surface area contributed by atoms with Crippen LogP contribution in [0.5, 0.6) is 0 Å². The van der Waals surface area contributed by atoms with Gasteiger partial charge >= 0.3 is 29.8 Å². The highest BCUT2D eigenvalue weighted by Gasteiger charge is 2.35. The smallest absolute Gasteiger partial charge is 0.327 e. The predicted molar refractivity (Wildman–Crippen MR) is 251 cm³/mol. The van der Waals surface area contributed by atoms with Crippen LogP contribution in [-0.4, -0.2) is 165 Å². The van der Waals surface area contributed by atoms with Crippen molar-refractivity contribution in [3.63, 3.8) is 0 Å². The first kappa shape index (κ1) is 58.1. The van der Waals surface area contributed by atoms with Crippen molar-refractivity contribution in [1.82, 2.24) is 57.2 Å². The van der Waals surface area contributed by atoms with Crippen LogP contribution in [0.25, 0.3) is 11.2 Å². The van der Waals surface area contributed by atoms with Crippen LogP contribution < -0.4 is 59.6 Å². The normalized spacial score (nSPS) is 13.2. The van der Waals surface area contributed by atoms with Crippen LogP contribution in [0.15, 0.2) is 35.3 Å². The lowest BCUT2D eigenvalue weighted by molar-refractivity contribution is -0.144. The summed E-state index contributed by atoms with van der Waals surface area (Å²) in [5.74, 6) is -16.6. The zero-order valence-electron chi connectivity index (χ0n) is 38.0. The van der Waals surface area contributed by atoms with E-state index in [0.29, 0.717) is 11.4 Å². The molecule has 73 heavy (non-hydrogen) atoms. The van der Waals surface area contributed by atoms with E-state index >= 15 is 0 Å². The number of nitrogen functional groups attached to an aromatic ring is 1. The van der Waals surface area contributed by atoms with E-state index < -0.39 is 157 Å². The molecule has 6 amide bonds.